The van der Waals surface area contributed by atoms with E-state index < -0.39 is 0 Å². The van der Waals surface area contributed by atoms with Gasteiger partial charge < -0.3 is 5.32 Å². The van der Waals surface area contributed by atoms with Crippen molar-refractivity contribution in [3.63, 3.8) is 0 Å². The molecule has 1 fully saturated rings. The Morgan fingerprint density at radius 2 is 2.42 bits per heavy atom. The Morgan fingerprint density at radius 3 is 3.05 bits per heavy atom. The van der Waals surface area contributed by atoms with E-state index in [1.165, 1.54) is 0 Å². The molecule has 1 unspecified atom stereocenters. The number of halogens is 1. The van der Waals surface area contributed by atoms with Crippen LogP contribution in [-0.2, 0) is 11.2 Å². The van der Waals surface area contributed by atoms with Crippen LogP contribution >= 0.6 is 11.6 Å². The van der Waals surface area contributed by atoms with Gasteiger partial charge in [0, 0.05) is 30.8 Å². The smallest absolute Gasteiger partial charge is 0.144 e. The lowest BCUT2D eigenvalue weighted by Gasteiger charge is -2.36. The molecular weight excluding hydrogens is 260 g/mol. The Hall–Kier alpha value is -0.930. The molecule has 19 heavy (non-hydrogen) atoms. The second-order valence-corrected chi connectivity index (χ2v) is 5.78. The maximum absolute atomic E-state index is 12.7. The Morgan fingerprint density at radius 1 is 1.58 bits per heavy atom. The largest absolute Gasteiger partial charge is 0.316 e. The number of carbonyl (C=O) groups excluding carboxylic acids is 1. The quantitative estimate of drug-likeness (QED) is 0.901. The lowest BCUT2D eigenvalue weighted by molar-refractivity contribution is -0.129. The molecule has 2 rings (SSSR count). The first-order valence-corrected chi connectivity index (χ1v) is 7.38. The summed E-state index contributed by atoms with van der Waals surface area (Å²) in [6, 6.07) is 1.84. The molecule has 1 atom stereocenters. The van der Waals surface area contributed by atoms with Crippen molar-refractivity contribution in [1.82, 2.24) is 10.3 Å². The number of nitrogens with zero attached hydrogens (tertiary/aromatic N) is 1. The van der Waals surface area contributed by atoms with E-state index in [1.54, 1.807) is 12.4 Å². The van der Waals surface area contributed by atoms with Crippen LogP contribution in [0.4, 0.5) is 0 Å². The number of carbonyl (C=O) groups is 1. The summed E-state index contributed by atoms with van der Waals surface area (Å²) in [4.78, 5) is 16.7. The highest BCUT2D eigenvalue weighted by Gasteiger charge is 2.38. The second-order valence-electron chi connectivity index (χ2n) is 5.38. The van der Waals surface area contributed by atoms with Gasteiger partial charge in [0.1, 0.15) is 5.78 Å². The van der Waals surface area contributed by atoms with Gasteiger partial charge in [-0.2, -0.15) is 0 Å². The minimum Gasteiger partial charge on any atom is -0.316 e. The summed E-state index contributed by atoms with van der Waals surface area (Å²) in [6.07, 6.45) is 7.79. The minimum absolute atomic E-state index is 0.195. The van der Waals surface area contributed by atoms with E-state index >= 15 is 0 Å². The van der Waals surface area contributed by atoms with Crippen molar-refractivity contribution in [2.75, 3.05) is 13.1 Å². The van der Waals surface area contributed by atoms with Crippen molar-refractivity contribution in [2.24, 2.45) is 5.41 Å². The Balaban J connectivity index is 2.14. The van der Waals surface area contributed by atoms with E-state index in [0.717, 1.165) is 44.3 Å². The summed E-state index contributed by atoms with van der Waals surface area (Å²) in [7, 11) is 0. The van der Waals surface area contributed by atoms with Crippen LogP contribution in [0.1, 0.15) is 38.2 Å². The lowest BCUT2D eigenvalue weighted by atomic mass is 9.72. The predicted molar refractivity (Wildman–Crippen MR) is 77.4 cm³/mol. The summed E-state index contributed by atoms with van der Waals surface area (Å²) in [5.41, 5.74) is 0.697. The zero-order chi connectivity index (χ0) is 13.7. The fourth-order valence-corrected chi connectivity index (χ4v) is 3.13. The molecular formula is C15H21ClN2O. The molecule has 1 aliphatic heterocycles. The van der Waals surface area contributed by atoms with Gasteiger partial charge in [0.15, 0.2) is 0 Å². The number of piperidine rings is 1. The van der Waals surface area contributed by atoms with Crippen LogP contribution in [0.15, 0.2) is 18.5 Å². The molecule has 1 saturated heterocycles. The highest BCUT2D eigenvalue weighted by molar-refractivity contribution is 6.31. The molecule has 0 amide bonds. The number of rotatable bonds is 5. The third-order valence-corrected chi connectivity index (χ3v) is 4.34. The minimum atomic E-state index is -0.195. The van der Waals surface area contributed by atoms with Gasteiger partial charge in [-0.15, -0.1) is 0 Å². The molecule has 3 nitrogen and oxygen atoms in total. The van der Waals surface area contributed by atoms with Crippen molar-refractivity contribution >= 4 is 17.4 Å². The van der Waals surface area contributed by atoms with E-state index in [9.17, 15) is 4.79 Å². The molecule has 1 aromatic heterocycles. The maximum atomic E-state index is 12.7. The van der Waals surface area contributed by atoms with Gasteiger partial charge in [0.05, 0.1) is 5.02 Å². The number of aromatic nitrogens is 1. The molecule has 0 radical (unpaired) electrons. The molecule has 4 heteroatoms. The van der Waals surface area contributed by atoms with Crippen molar-refractivity contribution in [1.29, 1.82) is 0 Å². The van der Waals surface area contributed by atoms with Crippen molar-refractivity contribution in [3.05, 3.63) is 29.0 Å². The number of hydrogen-bond acceptors (Lipinski definition) is 3. The third kappa shape index (κ3) is 3.34. The molecule has 1 N–H and O–H groups in total. The monoisotopic (exact) mass is 280 g/mol. The number of Topliss-reactive ketones (excluding diaryl/α,β-unsaturated/α-hetero) is 1. The third-order valence-electron chi connectivity index (χ3n) is 4.00. The first-order valence-electron chi connectivity index (χ1n) is 7.00. The van der Waals surface area contributed by atoms with Gasteiger partial charge in [-0.05, 0) is 37.4 Å². The van der Waals surface area contributed by atoms with Crippen LogP contribution in [0, 0.1) is 5.41 Å². The zero-order valence-electron chi connectivity index (χ0n) is 11.4. The lowest BCUT2D eigenvalue weighted by Crippen LogP contribution is -2.46. The molecule has 1 aliphatic rings. The molecule has 0 spiro atoms. The van der Waals surface area contributed by atoms with Gasteiger partial charge in [0.25, 0.3) is 0 Å². The fourth-order valence-electron chi connectivity index (χ4n) is 2.95. The van der Waals surface area contributed by atoms with Crippen LogP contribution in [0.3, 0.4) is 0 Å². The highest BCUT2D eigenvalue weighted by atomic mass is 35.5. The molecule has 0 aliphatic carbocycles. The maximum Gasteiger partial charge on any atom is 0.144 e. The predicted octanol–water partition coefficient (Wildman–Crippen LogP) is 3.02. The van der Waals surface area contributed by atoms with Crippen LogP contribution in [0.5, 0.6) is 0 Å². The number of pyridine rings is 1. The second kappa shape index (κ2) is 6.49. The molecule has 1 aromatic rings. The van der Waals surface area contributed by atoms with E-state index in [1.807, 2.05) is 6.07 Å². The van der Waals surface area contributed by atoms with Crippen molar-refractivity contribution in [2.45, 2.75) is 39.0 Å². The first-order chi connectivity index (χ1) is 9.18. The van der Waals surface area contributed by atoms with E-state index in [-0.39, 0.29) is 5.41 Å². The van der Waals surface area contributed by atoms with Crippen molar-refractivity contribution < 1.29 is 4.79 Å². The normalized spacial score (nSPS) is 23.3. The zero-order valence-corrected chi connectivity index (χ0v) is 12.2. The molecule has 104 valence electrons. The van der Waals surface area contributed by atoms with E-state index in [4.69, 9.17) is 11.6 Å². The van der Waals surface area contributed by atoms with Gasteiger partial charge in [-0.25, -0.2) is 0 Å². The van der Waals surface area contributed by atoms with Crippen LogP contribution < -0.4 is 5.32 Å². The topological polar surface area (TPSA) is 42.0 Å². The molecule has 2 heterocycles. The molecule has 0 bridgehead atoms. The van der Waals surface area contributed by atoms with E-state index in [2.05, 4.69) is 17.2 Å². The first kappa shape index (κ1) is 14.5. The summed E-state index contributed by atoms with van der Waals surface area (Å²) in [5, 5.41) is 3.96. The van der Waals surface area contributed by atoms with Gasteiger partial charge >= 0.3 is 0 Å². The van der Waals surface area contributed by atoms with Gasteiger partial charge in [0.2, 0.25) is 0 Å². The SMILES string of the molecule is CCCC1(C(=O)Cc2ccncc2Cl)CCCNC1. The summed E-state index contributed by atoms with van der Waals surface area (Å²) < 4.78 is 0. The summed E-state index contributed by atoms with van der Waals surface area (Å²) in [5.74, 6) is 0.314. The van der Waals surface area contributed by atoms with Crippen LogP contribution in [0.25, 0.3) is 0 Å². The Bertz CT molecular complexity index is 436. The van der Waals surface area contributed by atoms with Gasteiger partial charge in [-0.3, -0.25) is 9.78 Å². The van der Waals surface area contributed by atoms with Crippen molar-refractivity contribution in [3.8, 4) is 0 Å². The average Bonchev–Trinajstić information content (AvgIpc) is 2.42. The molecule has 0 aromatic carbocycles. The van der Waals surface area contributed by atoms with Crippen LogP contribution in [-0.4, -0.2) is 23.9 Å². The highest BCUT2D eigenvalue weighted by Crippen LogP contribution is 2.34. The summed E-state index contributed by atoms with van der Waals surface area (Å²) >= 11 is 6.10. The van der Waals surface area contributed by atoms with E-state index in [0.29, 0.717) is 17.2 Å². The Labute approximate surface area is 119 Å². The number of nitrogens with one attached hydrogen (secondary N) is 1. The van der Waals surface area contributed by atoms with Gasteiger partial charge in [-0.1, -0.05) is 24.9 Å². The Kier molecular flexibility index (Phi) is 4.94. The molecule has 0 saturated carbocycles. The average molecular weight is 281 g/mol. The summed E-state index contributed by atoms with van der Waals surface area (Å²) in [6.45, 7) is 3.97. The van der Waals surface area contributed by atoms with Crippen LogP contribution in [0.2, 0.25) is 5.02 Å². The number of ketones is 1. The standard InChI is InChI=1S/C15H21ClN2O/c1-2-5-15(6-3-7-18-11-15)14(19)9-12-4-8-17-10-13(12)16/h4,8,10,18H,2-3,5-7,9,11H2,1H3. The number of hydrogen-bond donors (Lipinski definition) is 1. The fraction of sp³-hybridized carbons (Fsp3) is 0.600.